The summed E-state index contributed by atoms with van der Waals surface area (Å²) in [6, 6.07) is 8.77. The number of fused-ring (bicyclic) bond motifs is 1. The standard InChI is InChI=1S/C21H25Cl2N3O3S.ClH/c1-24-9-11-25(12-10-24)19-13-16(4-6-20(19)29-2)30(27,28)26-8-7-15-3-5-18(22)21(23)17(15)14-26;/h3-6,13H,7-12,14H2,1-2H3;1H. The highest BCUT2D eigenvalue weighted by molar-refractivity contribution is 7.89. The first-order valence-corrected chi connectivity index (χ1v) is 12.1. The van der Waals surface area contributed by atoms with Crippen LogP contribution < -0.4 is 9.64 Å². The van der Waals surface area contributed by atoms with Crippen LogP contribution in [0.15, 0.2) is 35.2 Å². The summed E-state index contributed by atoms with van der Waals surface area (Å²) in [7, 11) is -0.000415. The summed E-state index contributed by atoms with van der Waals surface area (Å²) in [5.74, 6) is 0.678. The van der Waals surface area contributed by atoms with Gasteiger partial charge in [0.25, 0.3) is 0 Å². The maximum Gasteiger partial charge on any atom is 0.243 e. The first-order valence-electron chi connectivity index (χ1n) is 9.88. The number of piperazine rings is 1. The molecular weight excluding hydrogens is 481 g/mol. The predicted octanol–water partition coefficient (Wildman–Crippen LogP) is 3.92. The SMILES string of the molecule is COc1ccc(S(=O)(=O)N2CCc3ccc(Cl)c(Cl)c3C2)cc1N1CCN(C)CC1.Cl. The van der Waals surface area contributed by atoms with E-state index >= 15 is 0 Å². The topological polar surface area (TPSA) is 53.1 Å². The molecular formula is C21H26Cl3N3O3S. The third-order valence-corrected chi connectivity index (χ3v) is 8.57. The van der Waals surface area contributed by atoms with E-state index in [1.54, 1.807) is 31.4 Å². The molecule has 0 spiro atoms. The quantitative estimate of drug-likeness (QED) is 0.629. The van der Waals surface area contributed by atoms with Gasteiger partial charge in [-0.25, -0.2) is 8.42 Å². The van der Waals surface area contributed by atoms with Crippen molar-refractivity contribution in [1.29, 1.82) is 0 Å². The molecule has 1 saturated heterocycles. The van der Waals surface area contributed by atoms with Crippen molar-refractivity contribution >= 4 is 51.3 Å². The van der Waals surface area contributed by atoms with Crippen molar-refractivity contribution in [3.05, 3.63) is 51.5 Å². The molecule has 0 bridgehead atoms. The molecule has 0 aromatic heterocycles. The molecule has 10 heteroatoms. The minimum Gasteiger partial charge on any atom is -0.495 e. The van der Waals surface area contributed by atoms with Crippen LogP contribution in [0.25, 0.3) is 0 Å². The number of ether oxygens (including phenoxy) is 1. The molecule has 0 N–H and O–H groups in total. The second-order valence-electron chi connectivity index (χ2n) is 7.71. The van der Waals surface area contributed by atoms with Crippen LogP contribution in [0.5, 0.6) is 5.75 Å². The van der Waals surface area contributed by atoms with Crippen LogP contribution in [0.3, 0.4) is 0 Å². The van der Waals surface area contributed by atoms with E-state index in [-0.39, 0.29) is 23.8 Å². The minimum atomic E-state index is -3.69. The van der Waals surface area contributed by atoms with Gasteiger partial charge in [-0.2, -0.15) is 4.31 Å². The van der Waals surface area contributed by atoms with Gasteiger partial charge in [0.1, 0.15) is 5.75 Å². The first kappa shape index (κ1) is 24.4. The number of rotatable bonds is 4. The largest absolute Gasteiger partial charge is 0.495 e. The molecule has 0 unspecified atom stereocenters. The molecule has 0 atom stereocenters. The van der Waals surface area contributed by atoms with Crippen molar-refractivity contribution in [2.45, 2.75) is 17.9 Å². The van der Waals surface area contributed by atoms with Gasteiger partial charge in [0.2, 0.25) is 10.0 Å². The van der Waals surface area contributed by atoms with E-state index in [2.05, 4.69) is 16.8 Å². The summed E-state index contributed by atoms with van der Waals surface area (Å²) in [6.45, 7) is 4.10. The van der Waals surface area contributed by atoms with Gasteiger partial charge in [-0.05, 0) is 48.9 Å². The van der Waals surface area contributed by atoms with Gasteiger partial charge >= 0.3 is 0 Å². The fraction of sp³-hybridized carbons (Fsp3) is 0.429. The van der Waals surface area contributed by atoms with Gasteiger partial charge in [-0.3, -0.25) is 0 Å². The molecule has 2 aliphatic heterocycles. The molecule has 0 saturated carbocycles. The fourth-order valence-electron chi connectivity index (χ4n) is 4.02. The van der Waals surface area contributed by atoms with Crippen LogP contribution in [-0.2, 0) is 23.0 Å². The van der Waals surface area contributed by atoms with Crippen LogP contribution in [0.2, 0.25) is 10.0 Å². The zero-order valence-corrected chi connectivity index (χ0v) is 20.6. The van der Waals surface area contributed by atoms with Gasteiger partial charge in [-0.15, -0.1) is 12.4 Å². The van der Waals surface area contributed by atoms with Crippen molar-refractivity contribution in [1.82, 2.24) is 9.21 Å². The molecule has 4 rings (SSSR count). The van der Waals surface area contributed by atoms with E-state index in [0.29, 0.717) is 28.8 Å². The summed E-state index contributed by atoms with van der Waals surface area (Å²) in [4.78, 5) is 4.70. The van der Waals surface area contributed by atoms with E-state index in [1.807, 2.05) is 6.07 Å². The van der Waals surface area contributed by atoms with Crippen molar-refractivity contribution in [3.8, 4) is 5.75 Å². The zero-order chi connectivity index (χ0) is 21.5. The predicted molar refractivity (Wildman–Crippen MR) is 128 cm³/mol. The maximum atomic E-state index is 13.5. The number of nitrogens with zero attached hydrogens (tertiary/aromatic N) is 3. The average Bonchev–Trinajstić information content (AvgIpc) is 2.76. The minimum absolute atomic E-state index is 0. The third kappa shape index (κ3) is 4.77. The lowest BCUT2D eigenvalue weighted by atomic mass is 10.0. The van der Waals surface area contributed by atoms with Crippen LogP contribution >= 0.6 is 35.6 Å². The molecule has 2 heterocycles. The number of anilines is 1. The van der Waals surface area contributed by atoms with E-state index < -0.39 is 10.0 Å². The molecule has 0 aliphatic carbocycles. The first-order chi connectivity index (χ1) is 14.3. The van der Waals surface area contributed by atoms with Gasteiger partial charge < -0.3 is 14.5 Å². The molecule has 2 aromatic rings. The number of hydrogen-bond donors (Lipinski definition) is 0. The van der Waals surface area contributed by atoms with Crippen molar-refractivity contribution in [2.24, 2.45) is 0 Å². The van der Waals surface area contributed by atoms with Crippen molar-refractivity contribution in [2.75, 3.05) is 51.8 Å². The molecule has 6 nitrogen and oxygen atoms in total. The summed E-state index contributed by atoms with van der Waals surface area (Å²) < 4.78 is 33.9. The van der Waals surface area contributed by atoms with Crippen LogP contribution in [-0.4, -0.2) is 64.5 Å². The van der Waals surface area contributed by atoms with Gasteiger partial charge in [0, 0.05) is 39.3 Å². The number of likely N-dealkylation sites (N-methyl/N-ethyl adjacent to an activating group) is 1. The van der Waals surface area contributed by atoms with E-state index in [1.165, 1.54) is 4.31 Å². The Hall–Kier alpha value is -1.22. The van der Waals surface area contributed by atoms with Gasteiger partial charge in [-0.1, -0.05) is 29.3 Å². The van der Waals surface area contributed by atoms with Crippen molar-refractivity contribution < 1.29 is 13.2 Å². The Kier molecular flexibility index (Phi) is 7.66. The van der Waals surface area contributed by atoms with Crippen LogP contribution in [0.1, 0.15) is 11.1 Å². The Morgan fingerprint density at radius 3 is 2.39 bits per heavy atom. The van der Waals surface area contributed by atoms with Crippen molar-refractivity contribution in [3.63, 3.8) is 0 Å². The Bertz CT molecular complexity index is 1060. The highest BCUT2D eigenvalue weighted by Crippen LogP contribution is 2.36. The molecule has 0 radical (unpaired) electrons. The third-order valence-electron chi connectivity index (χ3n) is 5.89. The molecule has 2 aromatic carbocycles. The average molecular weight is 507 g/mol. The highest BCUT2D eigenvalue weighted by atomic mass is 35.5. The second kappa shape index (κ2) is 9.73. The number of methoxy groups -OCH3 is 1. The smallest absolute Gasteiger partial charge is 0.243 e. The molecule has 31 heavy (non-hydrogen) atoms. The summed E-state index contributed by atoms with van der Waals surface area (Å²) in [5, 5.41) is 0.874. The molecule has 1 fully saturated rings. The lowest BCUT2D eigenvalue weighted by Crippen LogP contribution is -2.44. The zero-order valence-electron chi connectivity index (χ0n) is 17.5. The monoisotopic (exact) mass is 505 g/mol. The lowest BCUT2D eigenvalue weighted by Gasteiger charge is -2.35. The normalized spacial score (nSPS) is 17.7. The Balaban J connectivity index is 0.00000272. The Morgan fingerprint density at radius 1 is 1.00 bits per heavy atom. The van der Waals surface area contributed by atoms with E-state index in [9.17, 15) is 8.42 Å². The van der Waals surface area contributed by atoms with Crippen LogP contribution in [0, 0.1) is 0 Å². The Labute approximate surface area is 200 Å². The highest BCUT2D eigenvalue weighted by Gasteiger charge is 2.31. The summed E-state index contributed by atoms with van der Waals surface area (Å²) >= 11 is 12.5. The van der Waals surface area contributed by atoms with Gasteiger partial charge in [0.15, 0.2) is 0 Å². The number of halogens is 3. The maximum absolute atomic E-state index is 13.5. The van der Waals surface area contributed by atoms with Gasteiger partial charge in [0.05, 0.1) is 27.7 Å². The summed E-state index contributed by atoms with van der Waals surface area (Å²) in [5.41, 5.74) is 2.64. The number of sulfonamides is 1. The van der Waals surface area contributed by atoms with Crippen LogP contribution in [0.4, 0.5) is 5.69 Å². The summed E-state index contributed by atoms with van der Waals surface area (Å²) in [6.07, 6.45) is 0.604. The number of hydrogen-bond acceptors (Lipinski definition) is 5. The Morgan fingerprint density at radius 2 is 1.71 bits per heavy atom. The number of benzene rings is 2. The van der Waals surface area contributed by atoms with E-state index in [0.717, 1.165) is 43.0 Å². The molecule has 0 amide bonds. The van der Waals surface area contributed by atoms with E-state index in [4.69, 9.17) is 27.9 Å². The molecule has 170 valence electrons. The fourth-order valence-corrected chi connectivity index (χ4v) is 5.87. The second-order valence-corrected chi connectivity index (χ2v) is 10.4. The lowest BCUT2D eigenvalue weighted by molar-refractivity contribution is 0.311. The molecule has 2 aliphatic rings.